The van der Waals surface area contributed by atoms with Crippen molar-refractivity contribution in [3.8, 4) is 11.5 Å². The van der Waals surface area contributed by atoms with Gasteiger partial charge in [-0.25, -0.2) is 14.8 Å². The Morgan fingerprint density at radius 2 is 2.03 bits per heavy atom. The summed E-state index contributed by atoms with van der Waals surface area (Å²) in [5.41, 5.74) is -0.0828. The number of anilines is 1. The standard InChI is InChI=1S/C20H18F3N3O3S/c1-3-28-18(27)15-16(14-8-5-9-29-14)25-19(30-2)26-17(15)24-11-12-6-4-7-13(10-12)20(21,22)23/h4-10H,3,11H2,1-2H3,(H,24,25,26). The first-order chi connectivity index (χ1) is 14.3. The molecule has 0 spiro atoms. The van der Waals surface area contributed by atoms with Crippen molar-refractivity contribution in [2.75, 3.05) is 18.2 Å². The molecule has 3 aromatic rings. The van der Waals surface area contributed by atoms with Crippen molar-refractivity contribution < 1.29 is 27.1 Å². The number of carbonyl (C=O) groups excluding carboxylic acids is 1. The monoisotopic (exact) mass is 437 g/mol. The van der Waals surface area contributed by atoms with Gasteiger partial charge in [-0.2, -0.15) is 13.2 Å². The number of aromatic nitrogens is 2. The van der Waals surface area contributed by atoms with Gasteiger partial charge in [0.15, 0.2) is 10.9 Å². The van der Waals surface area contributed by atoms with Crippen molar-refractivity contribution in [3.05, 3.63) is 59.4 Å². The molecule has 2 aromatic heterocycles. The summed E-state index contributed by atoms with van der Waals surface area (Å²) in [6.07, 6.45) is -1.23. The first-order valence-electron chi connectivity index (χ1n) is 8.90. The number of furan rings is 1. The van der Waals surface area contributed by atoms with Gasteiger partial charge in [0.1, 0.15) is 17.1 Å². The van der Waals surface area contributed by atoms with Crippen LogP contribution in [0.3, 0.4) is 0 Å². The van der Waals surface area contributed by atoms with Gasteiger partial charge in [-0.05, 0) is 43.0 Å². The second-order valence-corrected chi connectivity index (χ2v) is 6.81. The predicted molar refractivity (Wildman–Crippen MR) is 106 cm³/mol. The molecule has 1 N–H and O–H groups in total. The largest absolute Gasteiger partial charge is 0.463 e. The second-order valence-electron chi connectivity index (χ2n) is 6.03. The van der Waals surface area contributed by atoms with E-state index in [-0.39, 0.29) is 30.2 Å². The molecule has 0 fully saturated rings. The topological polar surface area (TPSA) is 77.2 Å². The minimum Gasteiger partial charge on any atom is -0.463 e. The number of hydrogen-bond acceptors (Lipinski definition) is 7. The highest BCUT2D eigenvalue weighted by Gasteiger charge is 2.30. The van der Waals surface area contributed by atoms with E-state index in [0.717, 1.165) is 12.1 Å². The predicted octanol–water partition coefficient (Wildman–Crippen LogP) is 5.27. The van der Waals surface area contributed by atoms with Crippen molar-refractivity contribution >= 4 is 23.5 Å². The lowest BCUT2D eigenvalue weighted by Gasteiger charge is -2.15. The van der Waals surface area contributed by atoms with Crippen LogP contribution in [0.25, 0.3) is 11.5 Å². The quantitative estimate of drug-likeness (QED) is 0.307. The first kappa shape index (κ1) is 21.7. The van der Waals surface area contributed by atoms with Gasteiger partial charge in [0.05, 0.1) is 18.4 Å². The fraction of sp³-hybridized carbons (Fsp3) is 0.250. The molecule has 0 saturated heterocycles. The van der Waals surface area contributed by atoms with Crippen molar-refractivity contribution in [1.82, 2.24) is 9.97 Å². The summed E-state index contributed by atoms with van der Waals surface area (Å²) in [4.78, 5) is 21.3. The van der Waals surface area contributed by atoms with Crippen LogP contribution in [-0.2, 0) is 17.5 Å². The number of nitrogens with zero attached hydrogens (tertiary/aromatic N) is 2. The Hall–Kier alpha value is -3.01. The number of thioether (sulfide) groups is 1. The summed E-state index contributed by atoms with van der Waals surface area (Å²) in [6.45, 7) is 1.81. The third kappa shape index (κ3) is 4.93. The molecule has 0 unspecified atom stereocenters. The number of rotatable bonds is 7. The van der Waals surface area contributed by atoms with Crippen LogP contribution >= 0.6 is 11.8 Å². The molecule has 0 aliphatic rings. The van der Waals surface area contributed by atoms with Crippen LogP contribution in [0.4, 0.5) is 19.0 Å². The Bertz CT molecular complexity index is 1020. The van der Waals surface area contributed by atoms with Gasteiger partial charge < -0.3 is 14.5 Å². The number of esters is 1. The zero-order chi connectivity index (χ0) is 21.7. The SMILES string of the molecule is CCOC(=O)c1c(NCc2cccc(C(F)(F)F)c2)nc(SC)nc1-c1ccco1. The van der Waals surface area contributed by atoms with E-state index in [1.54, 1.807) is 31.4 Å². The van der Waals surface area contributed by atoms with Crippen LogP contribution in [0.2, 0.25) is 0 Å². The van der Waals surface area contributed by atoms with Gasteiger partial charge in [0.2, 0.25) is 0 Å². The van der Waals surface area contributed by atoms with Crippen molar-refractivity contribution in [1.29, 1.82) is 0 Å². The lowest BCUT2D eigenvalue weighted by Crippen LogP contribution is -2.15. The second kappa shape index (κ2) is 9.21. The zero-order valence-electron chi connectivity index (χ0n) is 16.1. The summed E-state index contributed by atoms with van der Waals surface area (Å²) in [7, 11) is 0. The molecule has 3 rings (SSSR count). The smallest absolute Gasteiger partial charge is 0.416 e. The molecular formula is C20H18F3N3O3S. The number of halogens is 3. The van der Waals surface area contributed by atoms with Crippen LogP contribution in [0, 0.1) is 0 Å². The van der Waals surface area contributed by atoms with Crippen molar-refractivity contribution in [3.63, 3.8) is 0 Å². The van der Waals surface area contributed by atoms with Gasteiger partial charge in [0, 0.05) is 6.54 Å². The molecule has 0 aliphatic heterocycles. The minimum atomic E-state index is -4.44. The highest BCUT2D eigenvalue weighted by molar-refractivity contribution is 7.98. The minimum absolute atomic E-state index is 0.0127. The molecule has 2 heterocycles. The third-order valence-corrected chi connectivity index (χ3v) is 4.57. The number of alkyl halides is 3. The Morgan fingerprint density at radius 3 is 2.67 bits per heavy atom. The van der Waals surface area contributed by atoms with E-state index in [1.807, 2.05) is 0 Å². The summed E-state index contributed by atoms with van der Waals surface area (Å²) < 4.78 is 49.5. The van der Waals surface area contributed by atoms with Gasteiger partial charge in [0.25, 0.3) is 0 Å². The maximum Gasteiger partial charge on any atom is 0.416 e. The highest BCUT2D eigenvalue weighted by atomic mass is 32.2. The molecule has 0 aliphatic carbocycles. The Balaban J connectivity index is 2.01. The van der Waals surface area contributed by atoms with E-state index in [9.17, 15) is 18.0 Å². The molecule has 1 aromatic carbocycles. The van der Waals surface area contributed by atoms with Crippen LogP contribution < -0.4 is 5.32 Å². The number of ether oxygens (including phenoxy) is 1. The molecule has 0 atom stereocenters. The van der Waals surface area contributed by atoms with Crippen molar-refractivity contribution in [2.24, 2.45) is 0 Å². The maximum absolute atomic E-state index is 13.0. The molecular weight excluding hydrogens is 419 g/mol. The first-order valence-corrected chi connectivity index (χ1v) is 10.1. The van der Waals surface area contributed by atoms with E-state index in [4.69, 9.17) is 9.15 Å². The average Bonchev–Trinajstić information content (AvgIpc) is 3.26. The maximum atomic E-state index is 13.0. The van der Waals surface area contributed by atoms with Gasteiger partial charge in [-0.3, -0.25) is 0 Å². The summed E-state index contributed by atoms with van der Waals surface area (Å²) >= 11 is 1.25. The zero-order valence-corrected chi connectivity index (χ0v) is 16.9. The third-order valence-electron chi connectivity index (χ3n) is 4.02. The van der Waals surface area contributed by atoms with E-state index >= 15 is 0 Å². The Labute approximate surface area is 174 Å². The van der Waals surface area contributed by atoms with E-state index in [1.165, 1.54) is 24.1 Å². The molecule has 10 heteroatoms. The van der Waals surface area contributed by atoms with Crippen molar-refractivity contribution in [2.45, 2.75) is 24.8 Å². The number of nitrogens with one attached hydrogen (secondary N) is 1. The Kier molecular flexibility index (Phi) is 6.66. The van der Waals surface area contributed by atoms with Gasteiger partial charge >= 0.3 is 12.1 Å². The van der Waals surface area contributed by atoms with E-state index in [2.05, 4.69) is 15.3 Å². The summed E-state index contributed by atoms with van der Waals surface area (Å²) in [5.74, 6) is -0.169. The molecule has 0 saturated carbocycles. The summed E-state index contributed by atoms with van der Waals surface area (Å²) in [6, 6.07) is 8.22. The molecule has 0 amide bonds. The number of benzene rings is 1. The van der Waals surface area contributed by atoms with Crippen LogP contribution in [0.15, 0.2) is 52.2 Å². The molecule has 30 heavy (non-hydrogen) atoms. The van der Waals surface area contributed by atoms with E-state index < -0.39 is 17.7 Å². The van der Waals surface area contributed by atoms with Crippen LogP contribution in [-0.4, -0.2) is 28.8 Å². The number of hydrogen-bond donors (Lipinski definition) is 1. The molecule has 0 bridgehead atoms. The Morgan fingerprint density at radius 1 is 1.23 bits per heavy atom. The molecule has 6 nitrogen and oxygen atoms in total. The van der Waals surface area contributed by atoms with E-state index in [0.29, 0.717) is 16.5 Å². The lowest BCUT2D eigenvalue weighted by molar-refractivity contribution is -0.137. The van der Waals surface area contributed by atoms with Crippen LogP contribution in [0.5, 0.6) is 0 Å². The normalized spacial score (nSPS) is 11.4. The average molecular weight is 437 g/mol. The molecule has 0 radical (unpaired) electrons. The van der Waals surface area contributed by atoms with Gasteiger partial charge in [-0.15, -0.1) is 0 Å². The highest BCUT2D eigenvalue weighted by Crippen LogP contribution is 2.32. The van der Waals surface area contributed by atoms with Gasteiger partial charge in [-0.1, -0.05) is 23.9 Å². The fourth-order valence-electron chi connectivity index (χ4n) is 2.69. The van der Waals surface area contributed by atoms with Crippen LogP contribution in [0.1, 0.15) is 28.4 Å². The lowest BCUT2D eigenvalue weighted by atomic mass is 10.1. The molecule has 158 valence electrons. The fourth-order valence-corrected chi connectivity index (χ4v) is 3.06. The summed E-state index contributed by atoms with van der Waals surface area (Å²) in [5, 5.41) is 3.31. The number of carbonyl (C=O) groups is 1.